The summed E-state index contributed by atoms with van der Waals surface area (Å²) in [6.45, 7) is 2.11. The highest BCUT2D eigenvalue weighted by Crippen LogP contribution is 2.31. The third-order valence-electron chi connectivity index (χ3n) is 5.36. The van der Waals surface area contributed by atoms with Crippen molar-refractivity contribution in [3.63, 3.8) is 0 Å². The van der Waals surface area contributed by atoms with Crippen molar-refractivity contribution in [3.05, 3.63) is 54.7 Å². The highest BCUT2D eigenvalue weighted by Gasteiger charge is 2.21. The molecule has 4 heterocycles. The molecule has 1 aromatic carbocycles. The largest absolute Gasteiger partial charge is 0.396 e. The summed E-state index contributed by atoms with van der Waals surface area (Å²) in [5, 5.41) is 19.3. The second-order valence-corrected chi connectivity index (χ2v) is 7.13. The lowest BCUT2D eigenvalue weighted by Crippen LogP contribution is -2.36. The number of benzene rings is 1. The Labute approximate surface area is 157 Å². The average Bonchev–Trinajstić information content (AvgIpc) is 3.17. The van der Waals surface area contributed by atoms with Crippen LogP contribution in [0.1, 0.15) is 12.8 Å². The number of para-hydroxylation sites is 1. The molecule has 136 valence electrons. The number of aliphatic hydroxyl groups excluding tert-OH is 1. The Morgan fingerprint density at radius 2 is 2.00 bits per heavy atom. The summed E-state index contributed by atoms with van der Waals surface area (Å²) < 4.78 is 1.96. The molecule has 0 saturated carbocycles. The zero-order valence-electron chi connectivity index (χ0n) is 15.0. The summed E-state index contributed by atoms with van der Waals surface area (Å²) >= 11 is 0. The van der Waals surface area contributed by atoms with Gasteiger partial charge in [0.1, 0.15) is 5.69 Å². The number of nitrogens with zero attached hydrogens (tertiary/aromatic N) is 5. The molecule has 6 heteroatoms. The number of rotatable bonds is 3. The summed E-state index contributed by atoms with van der Waals surface area (Å²) in [6, 6.07) is 16.2. The van der Waals surface area contributed by atoms with E-state index in [0.29, 0.717) is 5.92 Å². The summed E-state index contributed by atoms with van der Waals surface area (Å²) in [7, 11) is 0. The van der Waals surface area contributed by atoms with Crippen LogP contribution in [0.2, 0.25) is 0 Å². The molecule has 27 heavy (non-hydrogen) atoms. The first-order chi connectivity index (χ1) is 13.3. The molecule has 0 bridgehead atoms. The quantitative estimate of drug-likeness (QED) is 0.609. The molecule has 1 saturated heterocycles. The molecule has 1 unspecified atom stereocenters. The fourth-order valence-corrected chi connectivity index (χ4v) is 3.96. The van der Waals surface area contributed by atoms with E-state index in [2.05, 4.69) is 39.4 Å². The van der Waals surface area contributed by atoms with Gasteiger partial charge in [-0.25, -0.2) is 4.98 Å². The Morgan fingerprint density at radius 1 is 1.04 bits per heavy atom. The van der Waals surface area contributed by atoms with Gasteiger partial charge >= 0.3 is 0 Å². The van der Waals surface area contributed by atoms with Crippen molar-refractivity contribution >= 4 is 22.2 Å². The van der Waals surface area contributed by atoms with Crippen LogP contribution < -0.4 is 4.90 Å². The standard InChI is InChI=1S/C21H21N5O/c27-14-15-5-4-11-25(13-15)18-7-3-6-16-9-10-17(22-20(16)18)21-24-23-19-8-1-2-12-26(19)21/h1-3,6-10,12,15,27H,4-5,11,13-14H2. The van der Waals surface area contributed by atoms with Gasteiger partial charge in [0.2, 0.25) is 0 Å². The van der Waals surface area contributed by atoms with E-state index in [9.17, 15) is 5.11 Å². The van der Waals surface area contributed by atoms with Gasteiger partial charge in [-0.15, -0.1) is 10.2 Å². The fourth-order valence-electron chi connectivity index (χ4n) is 3.96. The van der Waals surface area contributed by atoms with Gasteiger partial charge in [0, 0.05) is 31.3 Å². The third-order valence-corrected chi connectivity index (χ3v) is 5.36. The van der Waals surface area contributed by atoms with Crippen molar-refractivity contribution in [1.29, 1.82) is 0 Å². The van der Waals surface area contributed by atoms with Gasteiger partial charge in [-0.1, -0.05) is 24.3 Å². The summed E-state index contributed by atoms with van der Waals surface area (Å²) in [4.78, 5) is 7.32. The highest BCUT2D eigenvalue weighted by molar-refractivity contribution is 5.92. The van der Waals surface area contributed by atoms with Crippen molar-refractivity contribution in [2.75, 3.05) is 24.6 Å². The van der Waals surface area contributed by atoms with Gasteiger partial charge in [0.15, 0.2) is 11.5 Å². The molecule has 0 aliphatic carbocycles. The van der Waals surface area contributed by atoms with Crippen LogP contribution in [0.25, 0.3) is 28.1 Å². The van der Waals surface area contributed by atoms with Crippen molar-refractivity contribution in [2.45, 2.75) is 12.8 Å². The molecule has 1 fully saturated rings. The highest BCUT2D eigenvalue weighted by atomic mass is 16.3. The van der Waals surface area contributed by atoms with Crippen molar-refractivity contribution in [3.8, 4) is 11.5 Å². The third kappa shape index (κ3) is 2.82. The Hall–Kier alpha value is -2.99. The van der Waals surface area contributed by atoms with Crippen molar-refractivity contribution in [1.82, 2.24) is 19.6 Å². The molecule has 0 radical (unpaired) electrons. The van der Waals surface area contributed by atoms with E-state index >= 15 is 0 Å². The normalized spacial score (nSPS) is 17.7. The van der Waals surface area contributed by atoms with E-state index in [1.54, 1.807) is 0 Å². The number of aliphatic hydroxyl groups is 1. The lowest BCUT2D eigenvalue weighted by Gasteiger charge is -2.34. The van der Waals surface area contributed by atoms with E-state index in [1.165, 1.54) is 0 Å². The van der Waals surface area contributed by atoms with Gasteiger partial charge in [0.05, 0.1) is 11.2 Å². The summed E-state index contributed by atoms with van der Waals surface area (Å²) in [5.74, 6) is 1.08. The van der Waals surface area contributed by atoms with Gasteiger partial charge in [-0.05, 0) is 43.0 Å². The number of piperidine rings is 1. The summed E-state index contributed by atoms with van der Waals surface area (Å²) in [6.07, 6.45) is 4.14. The van der Waals surface area contributed by atoms with E-state index in [0.717, 1.165) is 59.7 Å². The molecule has 0 amide bonds. The molecule has 1 atom stereocenters. The molecule has 1 aliphatic rings. The van der Waals surface area contributed by atoms with E-state index in [-0.39, 0.29) is 6.61 Å². The van der Waals surface area contributed by atoms with Gasteiger partial charge in [-0.2, -0.15) is 0 Å². The maximum Gasteiger partial charge on any atom is 0.187 e. The number of aromatic nitrogens is 4. The van der Waals surface area contributed by atoms with E-state index < -0.39 is 0 Å². The van der Waals surface area contributed by atoms with Gasteiger partial charge < -0.3 is 10.0 Å². The molecular formula is C21H21N5O. The first-order valence-electron chi connectivity index (χ1n) is 9.39. The molecule has 4 aromatic rings. The second-order valence-electron chi connectivity index (χ2n) is 7.13. The topological polar surface area (TPSA) is 66.5 Å². The molecule has 1 N–H and O–H groups in total. The Balaban J connectivity index is 1.62. The SMILES string of the molecule is OCC1CCCN(c2cccc3ccc(-c4nnc5ccccn45)nc23)C1. The minimum absolute atomic E-state index is 0.242. The first kappa shape index (κ1) is 16.2. The molecule has 1 aliphatic heterocycles. The maximum atomic E-state index is 9.58. The Bertz CT molecular complexity index is 1110. The van der Waals surface area contributed by atoms with Crippen LogP contribution in [0.5, 0.6) is 0 Å². The number of hydrogen-bond donors (Lipinski definition) is 1. The summed E-state index contributed by atoms with van der Waals surface area (Å²) in [5.41, 5.74) is 3.72. The van der Waals surface area contributed by atoms with Crippen LogP contribution >= 0.6 is 0 Å². The van der Waals surface area contributed by atoms with E-state index in [1.807, 2.05) is 34.9 Å². The monoisotopic (exact) mass is 359 g/mol. The van der Waals surface area contributed by atoms with Gasteiger partial charge in [0.25, 0.3) is 0 Å². The Morgan fingerprint density at radius 3 is 2.93 bits per heavy atom. The lowest BCUT2D eigenvalue weighted by atomic mass is 9.98. The van der Waals surface area contributed by atoms with Crippen LogP contribution in [0.4, 0.5) is 5.69 Å². The minimum atomic E-state index is 0.242. The number of hydrogen-bond acceptors (Lipinski definition) is 5. The average molecular weight is 359 g/mol. The zero-order valence-corrected chi connectivity index (χ0v) is 15.0. The van der Waals surface area contributed by atoms with Crippen molar-refractivity contribution in [2.24, 2.45) is 5.92 Å². The first-order valence-corrected chi connectivity index (χ1v) is 9.39. The van der Waals surface area contributed by atoms with Crippen LogP contribution in [0.3, 0.4) is 0 Å². The van der Waals surface area contributed by atoms with Crippen LogP contribution in [0.15, 0.2) is 54.7 Å². The Kier molecular flexibility index (Phi) is 3.98. The zero-order chi connectivity index (χ0) is 18.2. The van der Waals surface area contributed by atoms with Crippen LogP contribution in [-0.4, -0.2) is 44.4 Å². The molecular weight excluding hydrogens is 338 g/mol. The van der Waals surface area contributed by atoms with Crippen LogP contribution in [0, 0.1) is 5.92 Å². The van der Waals surface area contributed by atoms with Crippen LogP contribution in [-0.2, 0) is 0 Å². The second kappa shape index (κ2) is 6.63. The predicted molar refractivity (Wildman–Crippen MR) is 106 cm³/mol. The predicted octanol–water partition coefficient (Wildman–Crippen LogP) is 3.15. The smallest absolute Gasteiger partial charge is 0.187 e. The molecule has 3 aromatic heterocycles. The number of anilines is 1. The maximum absolute atomic E-state index is 9.58. The van der Waals surface area contributed by atoms with Gasteiger partial charge in [-0.3, -0.25) is 4.40 Å². The molecule has 0 spiro atoms. The fraction of sp³-hybridized carbons (Fsp3) is 0.286. The lowest BCUT2D eigenvalue weighted by molar-refractivity contribution is 0.209. The number of pyridine rings is 2. The van der Waals surface area contributed by atoms with E-state index in [4.69, 9.17) is 4.98 Å². The molecule has 5 rings (SSSR count). The van der Waals surface area contributed by atoms with Crippen molar-refractivity contribution < 1.29 is 5.11 Å². The minimum Gasteiger partial charge on any atom is -0.396 e. The number of fused-ring (bicyclic) bond motifs is 2. The molecule has 6 nitrogen and oxygen atoms in total.